The van der Waals surface area contributed by atoms with Crippen molar-refractivity contribution in [3.63, 3.8) is 0 Å². The van der Waals surface area contributed by atoms with Gasteiger partial charge >= 0.3 is 0 Å². The Hall–Kier alpha value is -1.95. The van der Waals surface area contributed by atoms with Crippen LogP contribution >= 0.6 is 0 Å². The maximum Gasteiger partial charge on any atom is 0.251 e. The molecule has 5 nitrogen and oxygen atoms in total. The van der Waals surface area contributed by atoms with Crippen LogP contribution in [-0.4, -0.2) is 60.5 Å². The third-order valence-electron chi connectivity index (χ3n) is 4.66. The van der Waals surface area contributed by atoms with Crippen molar-refractivity contribution in [3.8, 4) is 0 Å². The maximum absolute atomic E-state index is 13.7. The fourth-order valence-electron chi connectivity index (χ4n) is 3.28. The van der Waals surface area contributed by atoms with Crippen molar-refractivity contribution in [3.05, 3.63) is 35.6 Å². The van der Waals surface area contributed by atoms with Gasteiger partial charge in [0.2, 0.25) is 5.91 Å². The number of carbonyl (C=O) groups is 2. The number of benzene rings is 1. The lowest BCUT2D eigenvalue weighted by molar-refractivity contribution is -0.141. The number of halogens is 1. The quantitative estimate of drug-likeness (QED) is 0.844. The molecule has 0 N–H and O–H groups in total. The summed E-state index contributed by atoms with van der Waals surface area (Å²) in [6, 6.07) is 6.35. The Morgan fingerprint density at radius 3 is 2.58 bits per heavy atom. The van der Waals surface area contributed by atoms with E-state index in [0.29, 0.717) is 38.3 Å². The van der Waals surface area contributed by atoms with E-state index in [1.807, 2.05) is 0 Å². The first-order chi connectivity index (χ1) is 11.6. The van der Waals surface area contributed by atoms with Gasteiger partial charge in [-0.1, -0.05) is 18.2 Å². The standard InChI is InChI=1S/C18H23FN2O3/c19-15-6-2-1-5-14(15)13-17(22)20-8-4-9-21(11-10-20)18(23)16-7-3-12-24-16/h1-2,5-6,16H,3-4,7-13H2. The molecule has 2 heterocycles. The zero-order valence-corrected chi connectivity index (χ0v) is 13.7. The van der Waals surface area contributed by atoms with Gasteiger partial charge in [-0.25, -0.2) is 4.39 Å². The summed E-state index contributed by atoms with van der Waals surface area (Å²) < 4.78 is 19.2. The average molecular weight is 334 g/mol. The van der Waals surface area contributed by atoms with Gasteiger partial charge in [0.15, 0.2) is 0 Å². The van der Waals surface area contributed by atoms with Crippen molar-refractivity contribution in [2.45, 2.75) is 31.8 Å². The van der Waals surface area contributed by atoms with Crippen LogP contribution in [0.2, 0.25) is 0 Å². The van der Waals surface area contributed by atoms with E-state index in [9.17, 15) is 14.0 Å². The lowest BCUT2D eigenvalue weighted by Crippen LogP contribution is -2.42. The topological polar surface area (TPSA) is 49.9 Å². The fraction of sp³-hybridized carbons (Fsp3) is 0.556. The van der Waals surface area contributed by atoms with E-state index < -0.39 is 0 Å². The van der Waals surface area contributed by atoms with Gasteiger partial charge < -0.3 is 14.5 Å². The molecule has 6 heteroatoms. The Kier molecular flexibility index (Phi) is 5.45. The van der Waals surface area contributed by atoms with Crippen LogP contribution in [0.4, 0.5) is 4.39 Å². The lowest BCUT2D eigenvalue weighted by Gasteiger charge is -2.24. The molecule has 0 radical (unpaired) electrons. The summed E-state index contributed by atoms with van der Waals surface area (Å²) in [6.07, 6.45) is 2.20. The highest BCUT2D eigenvalue weighted by Crippen LogP contribution is 2.16. The van der Waals surface area contributed by atoms with Crippen LogP contribution in [0.5, 0.6) is 0 Å². The van der Waals surface area contributed by atoms with Crippen LogP contribution < -0.4 is 0 Å². The van der Waals surface area contributed by atoms with Gasteiger partial charge in [0, 0.05) is 32.8 Å². The summed E-state index contributed by atoms with van der Waals surface area (Å²) in [5.74, 6) is -0.404. The Labute approximate surface area is 141 Å². The van der Waals surface area contributed by atoms with Crippen LogP contribution in [0.3, 0.4) is 0 Å². The van der Waals surface area contributed by atoms with E-state index >= 15 is 0 Å². The molecule has 1 atom stereocenters. The van der Waals surface area contributed by atoms with Crippen molar-refractivity contribution in [1.82, 2.24) is 9.80 Å². The maximum atomic E-state index is 13.7. The van der Waals surface area contributed by atoms with Gasteiger partial charge in [-0.2, -0.15) is 0 Å². The van der Waals surface area contributed by atoms with Gasteiger partial charge in [0.25, 0.3) is 5.91 Å². The smallest absolute Gasteiger partial charge is 0.251 e. The molecule has 0 saturated carbocycles. The number of nitrogens with zero attached hydrogens (tertiary/aromatic N) is 2. The minimum Gasteiger partial charge on any atom is -0.368 e. The molecule has 24 heavy (non-hydrogen) atoms. The zero-order chi connectivity index (χ0) is 16.9. The number of hydrogen-bond acceptors (Lipinski definition) is 3. The molecule has 0 aliphatic carbocycles. The second-order valence-corrected chi connectivity index (χ2v) is 6.33. The van der Waals surface area contributed by atoms with Gasteiger partial charge in [-0.15, -0.1) is 0 Å². The average Bonchev–Trinajstić information content (AvgIpc) is 3.00. The van der Waals surface area contributed by atoms with Crippen LogP contribution in [0.25, 0.3) is 0 Å². The van der Waals surface area contributed by atoms with E-state index in [1.165, 1.54) is 6.07 Å². The van der Waals surface area contributed by atoms with Crippen LogP contribution in [-0.2, 0) is 20.7 Å². The number of rotatable bonds is 3. The fourth-order valence-corrected chi connectivity index (χ4v) is 3.28. The van der Waals surface area contributed by atoms with Crippen molar-refractivity contribution in [1.29, 1.82) is 0 Å². The molecule has 1 unspecified atom stereocenters. The van der Waals surface area contributed by atoms with Gasteiger partial charge in [-0.05, 0) is 30.9 Å². The second kappa shape index (κ2) is 7.75. The molecule has 2 fully saturated rings. The molecular formula is C18H23FN2O3. The number of carbonyl (C=O) groups excluding carboxylic acids is 2. The van der Waals surface area contributed by atoms with E-state index in [2.05, 4.69) is 0 Å². The third kappa shape index (κ3) is 3.93. The molecule has 0 aromatic heterocycles. The Bertz CT molecular complexity index is 602. The van der Waals surface area contributed by atoms with E-state index in [1.54, 1.807) is 28.0 Å². The molecule has 3 rings (SSSR count). The van der Waals surface area contributed by atoms with Crippen molar-refractivity contribution in [2.75, 3.05) is 32.8 Å². The zero-order valence-electron chi connectivity index (χ0n) is 13.7. The first-order valence-electron chi connectivity index (χ1n) is 8.57. The normalized spacial score (nSPS) is 21.6. The molecular weight excluding hydrogens is 311 g/mol. The lowest BCUT2D eigenvalue weighted by atomic mass is 10.1. The summed E-state index contributed by atoms with van der Waals surface area (Å²) in [4.78, 5) is 28.4. The highest BCUT2D eigenvalue weighted by Gasteiger charge is 2.30. The molecule has 1 aromatic carbocycles. The molecule has 0 bridgehead atoms. The van der Waals surface area contributed by atoms with Crippen molar-refractivity contribution >= 4 is 11.8 Å². The molecule has 2 aliphatic heterocycles. The predicted octanol–water partition coefficient (Wildman–Crippen LogP) is 1.61. The third-order valence-corrected chi connectivity index (χ3v) is 4.66. The first-order valence-corrected chi connectivity index (χ1v) is 8.57. The Balaban J connectivity index is 1.56. The summed E-state index contributed by atoms with van der Waals surface area (Å²) in [5, 5.41) is 0. The Morgan fingerprint density at radius 2 is 1.83 bits per heavy atom. The molecule has 2 amide bonds. The molecule has 130 valence electrons. The van der Waals surface area contributed by atoms with E-state index in [-0.39, 0.29) is 30.2 Å². The Morgan fingerprint density at radius 1 is 1.08 bits per heavy atom. The van der Waals surface area contributed by atoms with Crippen molar-refractivity contribution < 1.29 is 18.7 Å². The molecule has 2 saturated heterocycles. The molecule has 0 spiro atoms. The van der Waals surface area contributed by atoms with Gasteiger partial charge in [0.1, 0.15) is 11.9 Å². The highest BCUT2D eigenvalue weighted by molar-refractivity contribution is 5.82. The minimum absolute atomic E-state index is 0.0379. The first kappa shape index (κ1) is 16.9. The van der Waals surface area contributed by atoms with Crippen molar-refractivity contribution in [2.24, 2.45) is 0 Å². The number of hydrogen-bond donors (Lipinski definition) is 0. The summed E-state index contributed by atoms with van der Waals surface area (Å²) >= 11 is 0. The van der Waals surface area contributed by atoms with Crippen LogP contribution in [0.1, 0.15) is 24.8 Å². The van der Waals surface area contributed by atoms with E-state index in [4.69, 9.17) is 4.74 Å². The SMILES string of the molecule is O=C(Cc1ccccc1F)N1CCCN(C(=O)C2CCCO2)CC1. The van der Waals surface area contributed by atoms with Gasteiger partial charge in [0.05, 0.1) is 6.42 Å². The molecule has 1 aromatic rings. The van der Waals surface area contributed by atoms with Crippen LogP contribution in [0, 0.1) is 5.82 Å². The molecule has 2 aliphatic rings. The predicted molar refractivity (Wildman–Crippen MR) is 86.9 cm³/mol. The summed E-state index contributed by atoms with van der Waals surface area (Å²) in [7, 11) is 0. The van der Waals surface area contributed by atoms with E-state index in [0.717, 1.165) is 19.3 Å². The number of amides is 2. The van der Waals surface area contributed by atoms with Gasteiger partial charge in [-0.3, -0.25) is 9.59 Å². The van der Waals surface area contributed by atoms with Crippen LogP contribution in [0.15, 0.2) is 24.3 Å². The largest absolute Gasteiger partial charge is 0.368 e. The highest BCUT2D eigenvalue weighted by atomic mass is 19.1. The second-order valence-electron chi connectivity index (χ2n) is 6.33. The summed E-state index contributed by atoms with van der Waals surface area (Å²) in [5.41, 5.74) is 0.416. The monoisotopic (exact) mass is 334 g/mol. The number of ether oxygens (including phenoxy) is 1. The summed E-state index contributed by atoms with van der Waals surface area (Å²) in [6.45, 7) is 2.90. The minimum atomic E-state index is -0.351.